The molecule has 0 aromatic carbocycles. The Balaban J connectivity index is 1.24. The zero-order valence-corrected chi connectivity index (χ0v) is 31.8. The number of carbonyl (C=O) groups is 2. The minimum atomic E-state index is -1.41. The number of nitrogens with one attached hydrogen (secondary N) is 1. The molecule has 6 rings (SSSR count). The highest BCUT2D eigenvalue weighted by Crippen LogP contribution is 2.76. The number of aliphatic hydroxyl groups excluding tert-OH is 4. The summed E-state index contributed by atoms with van der Waals surface area (Å²) in [6.07, 6.45) is 7.25. The van der Waals surface area contributed by atoms with Crippen molar-refractivity contribution in [2.75, 3.05) is 6.54 Å². The minimum absolute atomic E-state index is 0.0186. The molecule has 284 valence electrons. The summed E-state index contributed by atoms with van der Waals surface area (Å²) in [4.78, 5) is 23.6. The molecule has 4 saturated carbocycles. The molecule has 50 heavy (non-hydrogen) atoms. The summed E-state index contributed by atoms with van der Waals surface area (Å²) < 4.78 is 6.27. The molecule has 5 fully saturated rings. The first-order valence-corrected chi connectivity index (χ1v) is 19.8. The Kier molecular flexibility index (Phi) is 10.0. The van der Waals surface area contributed by atoms with Crippen LogP contribution in [-0.4, -0.2) is 81.1 Å². The molecular formula is C41H67NO8. The maximum absolute atomic E-state index is 13.0. The second-order valence-electron chi connectivity index (χ2n) is 19.8. The van der Waals surface area contributed by atoms with Crippen LogP contribution >= 0.6 is 0 Å². The third kappa shape index (κ3) is 5.65. The van der Waals surface area contributed by atoms with E-state index in [-0.39, 0.29) is 38.9 Å². The molecule has 0 spiro atoms. The van der Waals surface area contributed by atoms with E-state index in [2.05, 4.69) is 59.9 Å². The summed E-state index contributed by atoms with van der Waals surface area (Å²) in [5.41, 5.74) is 0.628. The number of carboxylic acid groups (broad SMARTS) is 1. The first-order chi connectivity index (χ1) is 23.3. The maximum atomic E-state index is 13.0. The number of carboxylic acids is 1. The Bertz CT molecular complexity index is 1330. The second kappa shape index (κ2) is 13.1. The summed E-state index contributed by atoms with van der Waals surface area (Å²) >= 11 is 0. The van der Waals surface area contributed by atoms with E-state index in [0.717, 1.165) is 64.2 Å². The second-order valence-corrected chi connectivity index (χ2v) is 19.8. The van der Waals surface area contributed by atoms with Crippen LogP contribution in [0.25, 0.3) is 0 Å². The predicted molar refractivity (Wildman–Crippen MR) is 191 cm³/mol. The van der Waals surface area contributed by atoms with Crippen molar-refractivity contribution in [3.63, 3.8) is 0 Å². The SMILES string of the molecule is CC1(C)CC[C@]2(C(=O)O)CC[C@]3(C)C(=CCC4[C@@]5(C)CC[C@H]([C@H](O)[C@@H]6OC(CCCCNC=O)[C@@H](O)[C@H](O)C6O)C(C)(C)C5CC[C@]43C)C2C1. The molecule has 0 aromatic heterocycles. The van der Waals surface area contributed by atoms with Gasteiger partial charge in [0.25, 0.3) is 0 Å². The number of hydrogen-bond donors (Lipinski definition) is 6. The fourth-order valence-electron chi connectivity index (χ4n) is 13.6. The Hall–Kier alpha value is -1.52. The lowest BCUT2D eigenvalue weighted by Crippen LogP contribution is -2.66. The average molecular weight is 702 g/mol. The van der Waals surface area contributed by atoms with Crippen molar-refractivity contribution >= 4 is 12.4 Å². The Morgan fingerprint density at radius 2 is 1.62 bits per heavy atom. The monoisotopic (exact) mass is 701 g/mol. The molecule has 0 aromatic rings. The number of aliphatic carboxylic acids is 1. The summed E-state index contributed by atoms with van der Waals surface area (Å²) in [7, 11) is 0. The van der Waals surface area contributed by atoms with Gasteiger partial charge in [0, 0.05) is 6.54 Å². The van der Waals surface area contributed by atoms with Gasteiger partial charge < -0.3 is 35.6 Å². The number of amides is 1. The lowest BCUT2D eigenvalue weighted by molar-refractivity contribution is -0.264. The smallest absolute Gasteiger partial charge is 0.310 e. The van der Waals surface area contributed by atoms with Crippen LogP contribution < -0.4 is 5.32 Å². The quantitative estimate of drug-likeness (QED) is 0.103. The highest BCUT2D eigenvalue weighted by Gasteiger charge is 2.70. The number of ether oxygens (including phenoxy) is 1. The lowest BCUT2D eigenvalue weighted by atomic mass is 9.33. The number of fused-ring (bicyclic) bond motifs is 7. The van der Waals surface area contributed by atoms with Crippen LogP contribution in [0.3, 0.4) is 0 Å². The van der Waals surface area contributed by atoms with E-state index >= 15 is 0 Å². The molecule has 1 amide bonds. The van der Waals surface area contributed by atoms with Crippen molar-refractivity contribution in [2.24, 2.45) is 56.2 Å². The van der Waals surface area contributed by atoms with Crippen molar-refractivity contribution in [2.45, 2.75) is 169 Å². The van der Waals surface area contributed by atoms with Gasteiger partial charge in [-0.25, -0.2) is 0 Å². The lowest BCUT2D eigenvalue weighted by Gasteiger charge is -2.71. The zero-order valence-electron chi connectivity index (χ0n) is 31.8. The van der Waals surface area contributed by atoms with E-state index in [9.17, 15) is 35.1 Å². The topological polar surface area (TPSA) is 157 Å². The molecule has 1 heterocycles. The van der Waals surface area contributed by atoms with E-state index in [4.69, 9.17) is 4.74 Å². The maximum Gasteiger partial charge on any atom is 0.310 e. The van der Waals surface area contributed by atoms with Gasteiger partial charge in [0.1, 0.15) is 24.4 Å². The molecule has 0 bridgehead atoms. The first-order valence-electron chi connectivity index (χ1n) is 19.8. The van der Waals surface area contributed by atoms with Gasteiger partial charge in [-0.05, 0) is 134 Å². The number of rotatable bonds is 9. The molecule has 5 aliphatic carbocycles. The minimum Gasteiger partial charge on any atom is -0.481 e. The fourth-order valence-corrected chi connectivity index (χ4v) is 13.6. The molecule has 6 N–H and O–H groups in total. The van der Waals surface area contributed by atoms with Crippen LogP contribution in [0.1, 0.15) is 132 Å². The number of allylic oxidation sites excluding steroid dienone is 2. The van der Waals surface area contributed by atoms with Gasteiger partial charge in [-0.3, -0.25) is 9.59 Å². The van der Waals surface area contributed by atoms with Gasteiger partial charge >= 0.3 is 5.97 Å². The van der Waals surface area contributed by atoms with E-state index in [1.54, 1.807) is 0 Å². The summed E-state index contributed by atoms with van der Waals surface area (Å²) in [6, 6.07) is 0. The van der Waals surface area contributed by atoms with Crippen molar-refractivity contribution in [1.82, 2.24) is 5.32 Å². The van der Waals surface area contributed by atoms with E-state index in [1.165, 1.54) is 5.57 Å². The van der Waals surface area contributed by atoms with Crippen LogP contribution in [0.4, 0.5) is 0 Å². The number of hydrogen-bond acceptors (Lipinski definition) is 7. The van der Waals surface area contributed by atoms with Gasteiger partial charge in [-0.1, -0.05) is 60.1 Å². The predicted octanol–water partition coefficient (Wildman–Crippen LogP) is 5.62. The van der Waals surface area contributed by atoms with Gasteiger partial charge in [0.15, 0.2) is 0 Å². The molecule has 0 radical (unpaired) electrons. The summed E-state index contributed by atoms with van der Waals surface area (Å²) in [5.74, 6) is 0.0775. The van der Waals surface area contributed by atoms with Crippen LogP contribution in [0.5, 0.6) is 0 Å². The molecule has 6 aliphatic rings. The fraction of sp³-hybridized carbons (Fsp3) is 0.902. The van der Waals surface area contributed by atoms with Crippen LogP contribution in [0, 0.1) is 56.2 Å². The van der Waals surface area contributed by atoms with Crippen molar-refractivity contribution < 1.29 is 39.9 Å². The number of carbonyl (C=O) groups excluding carboxylic acids is 1. The van der Waals surface area contributed by atoms with Crippen molar-refractivity contribution in [3.8, 4) is 0 Å². The van der Waals surface area contributed by atoms with Crippen molar-refractivity contribution in [1.29, 1.82) is 0 Å². The largest absolute Gasteiger partial charge is 0.481 e. The molecule has 9 nitrogen and oxygen atoms in total. The standard InChI is InChI=1S/C41H67NO8/c1-36(2)17-19-41(35(48)49)20-18-39(6)24(26(41)22-36)11-12-29-38(5)15-13-25(37(3,4)28(38)14-16-40(29,39)7)30(44)34-33(47)32(46)31(45)27(50-34)10-8-9-21-42-23-43/h11,23,25-34,44-47H,8-10,12-22H2,1-7H3,(H,42,43)(H,48,49)/t25-,26?,27?,28?,29?,30+,31-,32+,33?,34+,38+,39-,40-,41+/m1/s1. The molecular weight excluding hydrogens is 634 g/mol. The van der Waals surface area contributed by atoms with Gasteiger partial charge in [-0.15, -0.1) is 0 Å². The van der Waals surface area contributed by atoms with Crippen molar-refractivity contribution in [3.05, 3.63) is 11.6 Å². The van der Waals surface area contributed by atoms with E-state index in [0.29, 0.717) is 44.1 Å². The van der Waals surface area contributed by atoms with Crippen LogP contribution in [0.15, 0.2) is 11.6 Å². The average Bonchev–Trinajstić information content (AvgIpc) is 3.04. The number of unbranched alkanes of at least 4 members (excludes halogenated alkanes) is 1. The van der Waals surface area contributed by atoms with Gasteiger partial charge in [0.05, 0.1) is 17.6 Å². The Morgan fingerprint density at radius 3 is 2.30 bits per heavy atom. The highest BCUT2D eigenvalue weighted by molar-refractivity contribution is 5.76. The highest BCUT2D eigenvalue weighted by atomic mass is 16.5. The van der Waals surface area contributed by atoms with E-state index in [1.807, 2.05) is 0 Å². The van der Waals surface area contributed by atoms with Gasteiger partial charge in [0.2, 0.25) is 6.41 Å². The molecule has 14 atom stereocenters. The zero-order chi connectivity index (χ0) is 36.7. The molecule has 5 unspecified atom stereocenters. The molecule has 1 saturated heterocycles. The normalized spacial score (nSPS) is 48.5. The molecule has 1 aliphatic heterocycles. The number of aliphatic hydroxyl groups is 4. The van der Waals surface area contributed by atoms with Crippen LogP contribution in [-0.2, 0) is 14.3 Å². The third-order valence-electron chi connectivity index (χ3n) is 16.8. The first kappa shape index (κ1) is 38.2. The van der Waals surface area contributed by atoms with Gasteiger partial charge in [-0.2, -0.15) is 0 Å². The van der Waals surface area contributed by atoms with Crippen LogP contribution in [0.2, 0.25) is 0 Å². The Labute approximate surface area is 300 Å². The Morgan fingerprint density at radius 1 is 0.920 bits per heavy atom. The third-order valence-corrected chi connectivity index (χ3v) is 16.8. The summed E-state index contributed by atoms with van der Waals surface area (Å²) in [5, 5.41) is 58.1. The summed E-state index contributed by atoms with van der Waals surface area (Å²) in [6.45, 7) is 17.2. The molecule has 9 heteroatoms. The van der Waals surface area contributed by atoms with E-state index < -0.39 is 48.0 Å².